The molecular weight excluding hydrogens is 250 g/mol. The van der Waals surface area contributed by atoms with Gasteiger partial charge in [-0.2, -0.15) is 0 Å². The van der Waals surface area contributed by atoms with Gasteiger partial charge < -0.3 is 10.2 Å². The van der Waals surface area contributed by atoms with Crippen LogP contribution >= 0.6 is 11.3 Å². The summed E-state index contributed by atoms with van der Waals surface area (Å²) in [6.45, 7) is 6.04. The number of aryl methyl sites for hydroxylation is 1. The molecule has 2 unspecified atom stereocenters. The van der Waals surface area contributed by atoms with Gasteiger partial charge in [0, 0.05) is 11.1 Å². The molecule has 2 heterocycles. The third-order valence-corrected chi connectivity index (χ3v) is 3.97. The van der Waals surface area contributed by atoms with Gasteiger partial charge in [0.15, 0.2) is 0 Å². The minimum atomic E-state index is -0.436. The summed E-state index contributed by atoms with van der Waals surface area (Å²) >= 11 is 1.56. The zero-order chi connectivity index (χ0) is 13.3. The van der Waals surface area contributed by atoms with Gasteiger partial charge >= 0.3 is 0 Å². The molecule has 1 aromatic rings. The molecule has 98 valence electrons. The predicted octanol–water partition coefficient (Wildman–Crippen LogP) is 1.08. The van der Waals surface area contributed by atoms with E-state index in [9.17, 15) is 9.59 Å². The fourth-order valence-corrected chi connectivity index (χ4v) is 2.95. The van der Waals surface area contributed by atoms with Crippen molar-refractivity contribution in [1.29, 1.82) is 0 Å². The maximum Gasteiger partial charge on any atom is 0.245 e. The molecule has 1 aliphatic rings. The maximum absolute atomic E-state index is 12.1. The molecule has 0 aromatic carbocycles. The Kier molecular flexibility index (Phi) is 3.65. The Morgan fingerprint density at radius 2 is 2.22 bits per heavy atom. The third-order valence-electron chi connectivity index (χ3n) is 3.07. The molecule has 0 bridgehead atoms. The second-order valence-corrected chi connectivity index (χ2v) is 5.79. The lowest BCUT2D eigenvalue weighted by Crippen LogP contribution is -2.61. The molecule has 1 aliphatic heterocycles. The van der Waals surface area contributed by atoms with Crippen molar-refractivity contribution in [3.8, 4) is 0 Å². The number of nitrogens with zero attached hydrogens (tertiary/aromatic N) is 2. The van der Waals surface area contributed by atoms with E-state index in [0.29, 0.717) is 13.0 Å². The summed E-state index contributed by atoms with van der Waals surface area (Å²) in [5, 5.41) is 3.68. The number of hydrogen-bond donors (Lipinski definition) is 1. The molecule has 2 atom stereocenters. The first-order valence-corrected chi connectivity index (χ1v) is 6.86. The van der Waals surface area contributed by atoms with Crippen LogP contribution in [0.4, 0.5) is 0 Å². The van der Waals surface area contributed by atoms with Crippen molar-refractivity contribution in [1.82, 2.24) is 15.2 Å². The van der Waals surface area contributed by atoms with Gasteiger partial charge in [-0.25, -0.2) is 4.98 Å². The van der Waals surface area contributed by atoms with E-state index in [2.05, 4.69) is 10.3 Å². The molecule has 0 aliphatic carbocycles. The lowest BCUT2D eigenvalue weighted by molar-refractivity contribution is -0.149. The van der Waals surface area contributed by atoms with Gasteiger partial charge in [-0.05, 0) is 20.3 Å². The van der Waals surface area contributed by atoms with Crippen molar-refractivity contribution in [2.75, 3.05) is 0 Å². The third kappa shape index (κ3) is 2.38. The van der Waals surface area contributed by atoms with Crippen LogP contribution in [-0.4, -0.2) is 33.8 Å². The first kappa shape index (κ1) is 13.0. The molecule has 1 aromatic heterocycles. The molecule has 2 rings (SSSR count). The summed E-state index contributed by atoms with van der Waals surface area (Å²) in [4.78, 5) is 30.9. The van der Waals surface area contributed by atoms with E-state index in [4.69, 9.17) is 0 Å². The zero-order valence-corrected chi connectivity index (χ0v) is 11.6. The molecule has 5 nitrogen and oxygen atoms in total. The van der Waals surface area contributed by atoms with Crippen LogP contribution in [-0.2, 0) is 16.1 Å². The first-order chi connectivity index (χ1) is 8.52. The standard InChI is InChI=1S/C12H17N3O2S/c1-4-10-11(16)14-7(2)12(17)15(10)6-9-5-13-8(3)18-9/h5,7,10H,4,6H2,1-3H3,(H,14,16). The van der Waals surface area contributed by atoms with Crippen molar-refractivity contribution < 1.29 is 9.59 Å². The Hall–Kier alpha value is -1.43. The van der Waals surface area contributed by atoms with Gasteiger partial charge in [-0.3, -0.25) is 9.59 Å². The van der Waals surface area contributed by atoms with Gasteiger partial charge in [0.25, 0.3) is 0 Å². The van der Waals surface area contributed by atoms with E-state index in [0.717, 1.165) is 9.88 Å². The Morgan fingerprint density at radius 1 is 1.50 bits per heavy atom. The Morgan fingerprint density at radius 3 is 2.78 bits per heavy atom. The highest BCUT2D eigenvalue weighted by Gasteiger charge is 2.37. The number of carbonyl (C=O) groups is 2. The van der Waals surface area contributed by atoms with Gasteiger partial charge in [0.05, 0.1) is 11.6 Å². The number of piperazine rings is 1. The van der Waals surface area contributed by atoms with Crippen LogP contribution in [0.25, 0.3) is 0 Å². The summed E-state index contributed by atoms with van der Waals surface area (Å²) in [7, 11) is 0. The van der Waals surface area contributed by atoms with Crippen LogP contribution < -0.4 is 5.32 Å². The Labute approximate surface area is 110 Å². The lowest BCUT2D eigenvalue weighted by atomic mass is 10.1. The zero-order valence-electron chi connectivity index (χ0n) is 10.8. The highest BCUT2D eigenvalue weighted by Crippen LogP contribution is 2.20. The molecule has 1 fully saturated rings. The predicted molar refractivity (Wildman–Crippen MR) is 69.1 cm³/mol. The van der Waals surface area contributed by atoms with Crippen LogP contribution in [0.5, 0.6) is 0 Å². The van der Waals surface area contributed by atoms with Gasteiger partial charge in [-0.1, -0.05) is 6.92 Å². The number of aromatic nitrogens is 1. The topological polar surface area (TPSA) is 62.3 Å². The molecule has 0 saturated carbocycles. The summed E-state index contributed by atoms with van der Waals surface area (Å²) < 4.78 is 0. The van der Waals surface area contributed by atoms with Crippen molar-refractivity contribution in [3.63, 3.8) is 0 Å². The molecule has 6 heteroatoms. The molecule has 2 amide bonds. The smallest absolute Gasteiger partial charge is 0.245 e. The number of nitrogens with one attached hydrogen (secondary N) is 1. The van der Waals surface area contributed by atoms with Crippen molar-refractivity contribution >= 4 is 23.2 Å². The molecule has 0 radical (unpaired) electrons. The molecule has 1 saturated heterocycles. The molecule has 1 N–H and O–H groups in total. The fraction of sp³-hybridized carbons (Fsp3) is 0.583. The highest BCUT2D eigenvalue weighted by molar-refractivity contribution is 7.11. The van der Waals surface area contributed by atoms with Gasteiger partial charge in [-0.15, -0.1) is 11.3 Å². The van der Waals surface area contributed by atoms with Crippen LogP contribution in [0.15, 0.2) is 6.20 Å². The first-order valence-electron chi connectivity index (χ1n) is 6.05. The minimum Gasteiger partial charge on any atom is -0.343 e. The quantitative estimate of drug-likeness (QED) is 0.891. The lowest BCUT2D eigenvalue weighted by Gasteiger charge is -2.37. The Bertz CT molecular complexity index is 472. The highest BCUT2D eigenvalue weighted by atomic mass is 32.1. The number of carbonyl (C=O) groups excluding carboxylic acids is 2. The molecular formula is C12H17N3O2S. The average molecular weight is 267 g/mol. The second kappa shape index (κ2) is 5.06. The fourth-order valence-electron chi connectivity index (χ4n) is 2.16. The Balaban J connectivity index is 2.20. The van der Waals surface area contributed by atoms with Crippen LogP contribution in [0.3, 0.4) is 0 Å². The van der Waals surface area contributed by atoms with Crippen molar-refractivity contribution in [2.24, 2.45) is 0 Å². The number of thiazole rings is 1. The number of amides is 2. The largest absolute Gasteiger partial charge is 0.343 e. The van der Waals surface area contributed by atoms with Crippen LogP contribution in [0, 0.1) is 6.92 Å². The van der Waals surface area contributed by atoms with E-state index < -0.39 is 6.04 Å². The summed E-state index contributed by atoms with van der Waals surface area (Å²) in [5.74, 6) is -0.0849. The number of hydrogen-bond acceptors (Lipinski definition) is 4. The van der Waals surface area contributed by atoms with Gasteiger partial charge in [0.2, 0.25) is 11.8 Å². The van der Waals surface area contributed by atoms with Gasteiger partial charge in [0.1, 0.15) is 12.1 Å². The monoisotopic (exact) mass is 267 g/mol. The van der Waals surface area contributed by atoms with Crippen LogP contribution in [0.1, 0.15) is 30.2 Å². The average Bonchev–Trinajstić information content (AvgIpc) is 2.72. The van der Waals surface area contributed by atoms with E-state index in [1.54, 1.807) is 29.4 Å². The van der Waals surface area contributed by atoms with Crippen molar-refractivity contribution in [3.05, 3.63) is 16.1 Å². The number of rotatable bonds is 3. The van der Waals surface area contributed by atoms with E-state index in [1.807, 2.05) is 13.8 Å². The summed E-state index contributed by atoms with van der Waals surface area (Å²) in [6.07, 6.45) is 2.40. The molecule has 0 spiro atoms. The van der Waals surface area contributed by atoms with E-state index >= 15 is 0 Å². The van der Waals surface area contributed by atoms with E-state index in [-0.39, 0.29) is 17.9 Å². The SMILES string of the molecule is CCC1C(=O)NC(C)C(=O)N1Cc1cnc(C)s1. The second-order valence-electron chi connectivity index (χ2n) is 4.47. The minimum absolute atomic E-state index is 0.0208. The maximum atomic E-state index is 12.1. The van der Waals surface area contributed by atoms with Crippen molar-refractivity contribution in [2.45, 2.75) is 45.8 Å². The molecule has 18 heavy (non-hydrogen) atoms. The summed E-state index contributed by atoms with van der Waals surface area (Å²) in [6, 6.07) is -0.801. The van der Waals surface area contributed by atoms with E-state index in [1.165, 1.54) is 0 Å². The van der Waals surface area contributed by atoms with Crippen LogP contribution in [0.2, 0.25) is 0 Å². The normalized spacial score (nSPS) is 24.3. The summed E-state index contributed by atoms with van der Waals surface area (Å²) in [5.41, 5.74) is 0.